The summed E-state index contributed by atoms with van der Waals surface area (Å²) < 4.78 is 7.16. The molecule has 72 valence electrons. The number of aromatic nitrogens is 2. The predicted molar refractivity (Wildman–Crippen MR) is 47.2 cm³/mol. The summed E-state index contributed by atoms with van der Waals surface area (Å²) in [5, 5.41) is 9.52. The average molecular weight is 182 g/mol. The summed E-state index contributed by atoms with van der Waals surface area (Å²) in [6, 6.07) is 0. The van der Waals surface area contributed by atoms with Gasteiger partial charge in [-0.25, -0.2) is 4.98 Å². The lowest BCUT2D eigenvalue weighted by Gasteiger charge is -2.11. The van der Waals surface area contributed by atoms with Crippen molar-refractivity contribution in [1.29, 1.82) is 0 Å². The molecule has 1 N–H and O–H groups in total. The molecule has 1 aliphatic heterocycles. The molecule has 4 heteroatoms. The van der Waals surface area contributed by atoms with E-state index in [4.69, 9.17) is 4.74 Å². The molecular formula is C9H14N2O2. The molecule has 0 aliphatic carbocycles. The lowest BCUT2D eigenvalue weighted by molar-refractivity contribution is 0.118. The van der Waals surface area contributed by atoms with Crippen LogP contribution in [0.3, 0.4) is 0 Å². The minimum Gasteiger partial charge on any atom is -0.390 e. The van der Waals surface area contributed by atoms with Gasteiger partial charge in [0.1, 0.15) is 0 Å². The fourth-order valence-electron chi connectivity index (χ4n) is 1.63. The van der Waals surface area contributed by atoms with Crippen molar-refractivity contribution in [3.8, 4) is 0 Å². The van der Waals surface area contributed by atoms with Crippen LogP contribution < -0.4 is 0 Å². The van der Waals surface area contributed by atoms with Gasteiger partial charge in [0.25, 0.3) is 0 Å². The standard InChI is InChI=1S/C9H14N2O2/c1-11-6-10-3-8(11)2-7-4-13-5-9(7)12/h3,6-7,9,12H,2,4-5H2,1H3/t7-,9-/m1/s1. The molecule has 0 unspecified atom stereocenters. The maximum Gasteiger partial charge on any atom is 0.0945 e. The number of rotatable bonds is 2. The van der Waals surface area contributed by atoms with E-state index in [1.807, 2.05) is 17.8 Å². The number of nitrogens with zero attached hydrogens (tertiary/aromatic N) is 2. The van der Waals surface area contributed by atoms with E-state index in [1.165, 1.54) is 0 Å². The second kappa shape index (κ2) is 3.47. The molecule has 1 fully saturated rings. The van der Waals surface area contributed by atoms with Gasteiger partial charge in [0.15, 0.2) is 0 Å². The van der Waals surface area contributed by atoms with E-state index >= 15 is 0 Å². The van der Waals surface area contributed by atoms with Gasteiger partial charge in [-0.15, -0.1) is 0 Å². The monoisotopic (exact) mass is 182 g/mol. The Balaban J connectivity index is 2.01. The Morgan fingerprint density at radius 2 is 2.54 bits per heavy atom. The molecule has 2 atom stereocenters. The number of ether oxygens (including phenoxy) is 1. The first-order valence-electron chi connectivity index (χ1n) is 4.48. The Morgan fingerprint density at radius 3 is 3.08 bits per heavy atom. The minimum atomic E-state index is -0.310. The molecule has 1 saturated heterocycles. The van der Waals surface area contributed by atoms with E-state index in [0.717, 1.165) is 12.1 Å². The van der Waals surface area contributed by atoms with Gasteiger partial charge < -0.3 is 14.4 Å². The van der Waals surface area contributed by atoms with Crippen LogP contribution in [-0.2, 0) is 18.2 Å². The molecule has 0 aromatic carbocycles. The van der Waals surface area contributed by atoms with Gasteiger partial charge >= 0.3 is 0 Å². The van der Waals surface area contributed by atoms with E-state index in [0.29, 0.717) is 13.2 Å². The molecular weight excluding hydrogens is 168 g/mol. The van der Waals surface area contributed by atoms with Crippen LogP contribution in [0.15, 0.2) is 12.5 Å². The van der Waals surface area contributed by atoms with E-state index in [-0.39, 0.29) is 12.0 Å². The van der Waals surface area contributed by atoms with E-state index in [1.54, 1.807) is 6.33 Å². The zero-order valence-corrected chi connectivity index (χ0v) is 7.68. The normalized spacial score (nSPS) is 28.2. The van der Waals surface area contributed by atoms with Crippen molar-refractivity contribution in [3.05, 3.63) is 18.2 Å². The van der Waals surface area contributed by atoms with Gasteiger partial charge in [0, 0.05) is 24.9 Å². The summed E-state index contributed by atoms with van der Waals surface area (Å²) >= 11 is 0. The number of hydrogen-bond donors (Lipinski definition) is 1. The first-order chi connectivity index (χ1) is 6.27. The fourth-order valence-corrected chi connectivity index (χ4v) is 1.63. The van der Waals surface area contributed by atoms with E-state index in [9.17, 15) is 5.11 Å². The van der Waals surface area contributed by atoms with Crippen molar-refractivity contribution in [2.45, 2.75) is 12.5 Å². The number of aliphatic hydroxyl groups is 1. The van der Waals surface area contributed by atoms with Crippen LogP contribution in [0.4, 0.5) is 0 Å². The molecule has 2 rings (SSSR count). The Hall–Kier alpha value is -0.870. The number of aliphatic hydroxyl groups excluding tert-OH is 1. The second-order valence-corrected chi connectivity index (χ2v) is 3.56. The van der Waals surface area contributed by atoms with Crippen molar-refractivity contribution < 1.29 is 9.84 Å². The van der Waals surface area contributed by atoms with E-state index in [2.05, 4.69) is 4.98 Å². The van der Waals surface area contributed by atoms with Crippen LogP contribution in [0.5, 0.6) is 0 Å². The fraction of sp³-hybridized carbons (Fsp3) is 0.667. The summed E-state index contributed by atoms with van der Waals surface area (Å²) in [7, 11) is 1.96. The highest BCUT2D eigenvalue weighted by Crippen LogP contribution is 2.18. The number of hydrogen-bond acceptors (Lipinski definition) is 3. The molecule has 13 heavy (non-hydrogen) atoms. The van der Waals surface area contributed by atoms with Crippen LogP contribution >= 0.6 is 0 Å². The van der Waals surface area contributed by atoms with Crippen molar-refractivity contribution in [3.63, 3.8) is 0 Å². The SMILES string of the molecule is Cn1cncc1C[C@@H]1COC[C@H]1O. The minimum absolute atomic E-state index is 0.232. The highest BCUT2D eigenvalue weighted by molar-refractivity contribution is 5.00. The zero-order chi connectivity index (χ0) is 9.26. The van der Waals surface area contributed by atoms with E-state index < -0.39 is 0 Å². The van der Waals surface area contributed by atoms with Crippen LogP contribution in [0, 0.1) is 5.92 Å². The number of imidazole rings is 1. The molecule has 1 aromatic rings. The summed E-state index contributed by atoms with van der Waals surface area (Å²) in [6.07, 6.45) is 4.15. The molecule has 0 saturated carbocycles. The highest BCUT2D eigenvalue weighted by Gasteiger charge is 2.26. The second-order valence-electron chi connectivity index (χ2n) is 3.56. The Kier molecular flexibility index (Phi) is 2.33. The average Bonchev–Trinajstić information content (AvgIpc) is 2.65. The topological polar surface area (TPSA) is 47.3 Å². The van der Waals surface area contributed by atoms with Gasteiger partial charge in [-0.3, -0.25) is 0 Å². The predicted octanol–water partition coefficient (Wildman–Crippen LogP) is -0.0301. The first-order valence-corrected chi connectivity index (χ1v) is 4.48. The molecule has 0 spiro atoms. The van der Waals surface area contributed by atoms with Crippen LogP contribution in [-0.4, -0.2) is 34.0 Å². The molecule has 0 bridgehead atoms. The number of aryl methyl sites for hydroxylation is 1. The van der Waals surface area contributed by atoms with Crippen LogP contribution in [0.2, 0.25) is 0 Å². The molecule has 0 radical (unpaired) electrons. The molecule has 4 nitrogen and oxygen atoms in total. The first kappa shape index (κ1) is 8.72. The third-order valence-electron chi connectivity index (χ3n) is 2.55. The Bertz CT molecular complexity index is 285. The van der Waals surface area contributed by atoms with Gasteiger partial charge in [0.2, 0.25) is 0 Å². The van der Waals surface area contributed by atoms with Gasteiger partial charge in [-0.1, -0.05) is 0 Å². The maximum absolute atomic E-state index is 9.52. The van der Waals surface area contributed by atoms with Crippen molar-refractivity contribution in [1.82, 2.24) is 9.55 Å². The van der Waals surface area contributed by atoms with Gasteiger partial charge in [-0.05, 0) is 6.42 Å². The van der Waals surface area contributed by atoms with Crippen molar-refractivity contribution >= 4 is 0 Å². The van der Waals surface area contributed by atoms with Crippen LogP contribution in [0.25, 0.3) is 0 Å². The molecule has 0 amide bonds. The Morgan fingerprint density at radius 1 is 1.69 bits per heavy atom. The maximum atomic E-state index is 9.52. The molecule has 1 aromatic heterocycles. The van der Waals surface area contributed by atoms with Crippen molar-refractivity contribution in [2.24, 2.45) is 13.0 Å². The molecule has 2 heterocycles. The summed E-state index contributed by atoms with van der Waals surface area (Å²) in [5.41, 5.74) is 1.15. The van der Waals surface area contributed by atoms with Gasteiger partial charge in [0.05, 0.1) is 25.6 Å². The Labute approximate surface area is 77.2 Å². The highest BCUT2D eigenvalue weighted by atomic mass is 16.5. The third-order valence-corrected chi connectivity index (χ3v) is 2.55. The largest absolute Gasteiger partial charge is 0.390 e. The van der Waals surface area contributed by atoms with Crippen molar-refractivity contribution in [2.75, 3.05) is 13.2 Å². The van der Waals surface area contributed by atoms with Gasteiger partial charge in [-0.2, -0.15) is 0 Å². The summed E-state index contributed by atoms with van der Waals surface area (Å²) in [5.74, 6) is 0.232. The lowest BCUT2D eigenvalue weighted by Crippen LogP contribution is -2.20. The smallest absolute Gasteiger partial charge is 0.0945 e. The lowest BCUT2D eigenvalue weighted by atomic mass is 10.0. The zero-order valence-electron chi connectivity index (χ0n) is 7.68. The summed E-state index contributed by atoms with van der Waals surface area (Å²) in [6.45, 7) is 1.13. The third kappa shape index (κ3) is 1.73. The molecule has 1 aliphatic rings. The summed E-state index contributed by atoms with van der Waals surface area (Å²) in [4.78, 5) is 4.03. The van der Waals surface area contributed by atoms with Crippen LogP contribution in [0.1, 0.15) is 5.69 Å². The quantitative estimate of drug-likeness (QED) is 0.698.